The van der Waals surface area contributed by atoms with Gasteiger partial charge in [0, 0.05) is 11.7 Å². The fourth-order valence-corrected chi connectivity index (χ4v) is 9.79. The Hall–Kier alpha value is -13.8. The van der Waals surface area contributed by atoms with Gasteiger partial charge in [-0.05, 0) is 22.3 Å². The number of rotatable bonds is 45. The third kappa shape index (κ3) is 32.8. The molecule has 0 saturated carbocycles. The quantitative estimate of drug-likeness (QED) is 0.0274. The highest BCUT2D eigenvalue weighted by atomic mass is 32.1. The molecule has 1 aliphatic carbocycles. The average molecular weight is 1610 g/mol. The third-order valence-electron chi connectivity index (χ3n) is 14.5. The van der Waals surface area contributed by atoms with Crippen LogP contribution >= 0.6 is 12.6 Å². The molecular weight excluding hydrogens is 1540 g/mol. The minimum atomic E-state index is -5.08. The molecule has 0 radical (unpaired) electrons. The predicted octanol–water partition coefficient (Wildman–Crippen LogP) is -6.86. The summed E-state index contributed by atoms with van der Waals surface area (Å²) in [5.41, 5.74) is 3.39. The number of ether oxygens (including phenoxy) is 1. The molecule has 3 rings (SSSR count). The van der Waals surface area contributed by atoms with Gasteiger partial charge >= 0.3 is 83.9 Å². The summed E-state index contributed by atoms with van der Waals surface area (Å²) in [7, 11) is 0. The zero-order valence-electron chi connectivity index (χ0n) is 56.3. The second-order valence-electron chi connectivity index (χ2n) is 22.9. The van der Waals surface area contributed by atoms with Gasteiger partial charge in [0.15, 0.2) is 0 Å². The lowest BCUT2D eigenvalue weighted by atomic mass is 9.98. The van der Waals surface area contributed by atoms with Crippen LogP contribution in [0.25, 0.3) is 11.1 Å². The lowest BCUT2D eigenvalue weighted by molar-refractivity contribution is -0.192. The first-order chi connectivity index (χ1) is 51.5. The van der Waals surface area contributed by atoms with Gasteiger partial charge in [-0.1, -0.05) is 48.5 Å². The van der Waals surface area contributed by atoms with Crippen LogP contribution in [0.15, 0.2) is 48.5 Å². The number of carbonyl (C=O) groups excluding carboxylic acids is 11. The van der Waals surface area contributed by atoms with E-state index in [4.69, 9.17) is 19.7 Å². The van der Waals surface area contributed by atoms with E-state index in [1.165, 1.54) is 0 Å². The van der Waals surface area contributed by atoms with Gasteiger partial charge in [0.1, 0.15) is 73.1 Å². The smallest absolute Gasteiger partial charge is 0.481 e. The molecule has 0 spiro atoms. The lowest BCUT2D eigenvalue weighted by Crippen LogP contribution is -2.61. The van der Waals surface area contributed by atoms with E-state index in [-0.39, 0.29) is 6.61 Å². The van der Waals surface area contributed by atoms with Crippen LogP contribution in [0.4, 0.5) is 18.0 Å². The lowest BCUT2D eigenvalue weighted by Gasteiger charge is -2.27. The zero-order valence-corrected chi connectivity index (χ0v) is 57.2. The van der Waals surface area contributed by atoms with Crippen molar-refractivity contribution in [2.45, 2.75) is 143 Å². The standard InChI is InChI=1S/C58H67N11O34S.C2HF3O2/c70-37(71)9-26(47(90)60-28(11-39(74)75)49(92)62-30(13-41(78)79)51(94)64-32(15-43(82)83)53(96)66-34(17-45(86)87)55(98)68-35(57(100)101)18-46(88)89)59-48(91)27(10-38(72)73)61-50(93)29(12-40(76)77)63-52(95)31(14-42(80)81)65-54(97)33(16-44(84)85)67-56(99)36(20-104)69-58(102)103-19-25-23-7-3-1-5-21(23)22-6-2-4-8-24(22)25;3-2(4,5)1(6)7/h1-8,25-36,104H,9-20H2,(H,59,91)(H,60,90)(H,61,93)(H,62,92)(H,63,95)(H,64,94)(H,65,97)(H,66,96)(H,67,99)(H,68,98)(H,69,102)(H,70,71)(H,72,73)(H,74,75)(H,76,77)(H,78,79)(H,80,81)(H,82,83)(H,84,85)(H,86,87)(H,88,89)(H,100,101);(H,6,7)/t26-,27-,28-,29-,30-,31-,32-,33-,34-,35-,36-;/m0./s1. The summed E-state index contributed by atoms with van der Waals surface area (Å²) in [6, 6.07) is -11.9. The molecule has 0 heterocycles. The first-order valence-electron chi connectivity index (χ1n) is 31.0. The fraction of sp³-hybridized carbons (Fsp3) is 0.417. The number of halogens is 3. The molecule has 2 aromatic carbocycles. The van der Waals surface area contributed by atoms with Gasteiger partial charge in [-0.3, -0.25) is 95.9 Å². The van der Waals surface area contributed by atoms with E-state index in [9.17, 15) is 170 Å². The zero-order chi connectivity index (χ0) is 84.6. The molecule has 2 aromatic rings. The fourth-order valence-electron chi connectivity index (χ4n) is 9.53. The SMILES string of the molecule is O=C(O)C(F)(F)F.O=C(O)C[C@H](NC(=O)[C@H](CC(=O)O)NC(=O)[C@H](CC(=O)O)NC(=O)[C@H](CC(=O)O)NC(=O)[C@H](CC(=O)O)NC(=O)[C@H](CC(=O)O)NC(=O)[C@H](CC(=O)O)NC(=O)[C@H](CC(=O)O)NC(=O)[C@H](CC(=O)O)NC(=O)[C@H](CC(=O)O)NC(=O)[C@H](CS)NC(=O)OCC1c2ccccc2-c2ccccc21)C(=O)O. The molecule has 51 heteroatoms. The Morgan fingerprint density at radius 1 is 0.306 bits per heavy atom. The molecule has 11 amide bonds. The largest absolute Gasteiger partial charge is 0.490 e. The van der Waals surface area contributed by atoms with Crippen LogP contribution in [-0.2, 0) is 110 Å². The summed E-state index contributed by atoms with van der Waals surface area (Å²) in [6.45, 7) is -0.243. The molecule has 47 nitrogen and oxygen atoms in total. The van der Waals surface area contributed by atoms with Gasteiger partial charge in [-0.2, -0.15) is 25.8 Å². The molecule has 111 heavy (non-hydrogen) atoms. The number of carboxylic acid groups (broad SMARTS) is 12. The number of thiol groups is 1. The number of hydrogen-bond acceptors (Lipinski definition) is 25. The number of amides is 11. The van der Waals surface area contributed by atoms with E-state index in [1.54, 1.807) is 54.7 Å². The molecule has 0 unspecified atom stereocenters. The van der Waals surface area contributed by atoms with E-state index >= 15 is 0 Å². The molecule has 0 saturated heterocycles. The number of hydrogen-bond donors (Lipinski definition) is 24. The van der Waals surface area contributed by atoms with Crippen molar-refractivity contribution in [3.63, 3.8) is 0 Å². The molecule has 0 bridgehead atoms. The number of aliphatic carboxylic acids is 12. The highest BCUT2D eigenvalue weighted by Gasteiger charge is 2.42. The highest BCUT2D eigenvalue weighted by molar-refractivity contribution is 7.80. The van der Waals surface area contributed by atoms with Crippen molar-refractivity contribution < 1.29 is 189 Å². The van der Waals surface area contributed by atoms with Gasteiger partial charge in [0.25, 0.3) is 0 Å². The van der Waals surface area contributed by atoms with Crippen LogP contribution in [0.3, 0.4) is 0 Å². The summed E-state index contributed by atoms with van der Waals surface area (Å²) in [5.74, 6) is -42.8. The molecule has 23 N–H and O–H groups in total. The van der Waals surface area contributed by atoms with Crippen molar-refractivity contribution in [1.82, 2.24) is 58.5 Å². The van der Waals surface area contributed by atoms with E-state index in [2.05, 4.69) is 17.9 Å². The van der Waals surface area contributed by atoms with Gasteiger partial charge < -0.3 is 124 Å². The monoisotopic (exact) mass is 1610 g/mol. The maximum atomic E-state index is 13.8. The third-order valence-corrected chi connectivity index (χ3v) is 14.8. The number of nitrogens with one attached hydrogen (secondary N) is 11. The molecule has 0 aliphatic heterocycles. The number of carboxylic acids is 12. The minimum Gasteiger partial charge on any atom is -0.481 e. The van der Waals surface area contributed by atoms with Gasteiger partial charge in [-0.15, -0.1) is 0 Å². The number of alkyl halides is 3. The van der Waals surface area contributed by atoms with Crippen LogP contribution in [0.1, 0.15) is 81.3 Å². The van der Waals surface area contributed by atoms with Gasteiger partial charge in [-0.25, -0.2) is 14.4 Å². The summed E-state index contributed by atoms with van der Waals surface area (Å²) in [5, 5.41) is 131. The van der Waals surface area contributed by atoms with E-state index in [1.807, 2.05) is 47.0 Å². The van der Waals surface area contributed by atoms with Gasteiger partial charge in [0.2, 0.25) is 59.1 Å². The van der Waals surface area contributed by atoms with E-state index < -0.39 is 285 Å². The Morgan fingerprint density at radius 3 is 0.667 bits per heavy atom. The molecule has 0 aromatic heterocycles. The second-order valence-corrected chi connectivity index (χ2v) is 23.3. The molecule has 606 valence electrons. The van der Waals surface area contributed by atoms with Crippen LogP contribution in [0.5, 0.6) is 0 Å². The Bertz CT molecular complexity index is 3930. The van der Waals surface area contributed by atoms with Crippen molar-refractivity contribution >= 4 is 149 Å². The Labute approximate surface area is 621 Å². The topological polar surface area (TPSA) is 777 Å². The first kappa shape index (κ1) is 93.3. The molecular formula is C60H68F3N11O36S. The van der Waals surface area contributed by atoms with Crippen molar-refractivity contribution in [3.8, 4) is 11.1 Å². The summed E-state index contributed by atoms with van der Waals surface area (Å²) >= 11 is 4.03. The van der Waals surface area contributed by atoms with Crippen LogP contribution in [0.2, 0.25) is 0 Å². The highest BCUT2D eigenvalue weighted by Crippen LogP contribution is 2.44. The number of benzene rings is 2. The average Bonchev–Trinajstić information content (AvgIpc) is 1.63. The number of carbonyl (C=O) groups is 23. The van der Waals surface area contributed by atoms with Crippen molar-refractivity contribution in [3.05, 3.63) is 59.7 Å². The Balaban J connectivity index is 0.00000567. The van der Waals surface area contributed by atoms with Crippen molar-refractivity contribution in [2.75, 3.05) is 12.4 Å². The Kier molecular flexibility index (Phi) is 36.7. The predicted molar refractivity (Wildman–Crippen MR) is 349 cm³/mol. The Morgan fingerprint density at radius 2 is 0.486 bits per heavy atom. The van der Waals surface area contributed by atoms with Gasteiger partial charge in [0.05, 0.1) is 64.2 Å². The van der Waals surface area contributed by atoms with Crippen LogP contribution < -0.4 is 58.5 Å². The van der Waals surface area contributed by atoms with Crippen LogP contribution in [0, 0.1) is 0 Å². The number of alkyl carbamates (subject to hydrolysis) is 1. The van der Waals surface area contributed by atoms with Crippen molar-refractivity contribution in [2.24, 2.45) is 0 Å². The van der Waals surface area contributed by atoms with Crippen LogP contribution in [-0.4, -0.2) is 283 Å². The van der Waals surface area contributed by atoms with E-state index in [0.717, 1.165) is 22.3 Å². The molecule has 11 atom stereocenters. The van der Waals surface area contributed by atoms with Crippen molar-refractivity contribution in [1.29, 1.82) is 0 Å². The normalized spacial score (nSPS) is 14.1. The molecule has 0 fully saturated rings. The maximum absolute atomic E-state index is 13.8. The number of fused-ring (bicyclic) bond motifs is 3. The second kappa shape index (κ2) is 43.7. The first-order valence-corrected chi connectivity index (χ1v) is 31.7. The van der Waals surface area contributed by atoms with E-state index in [0.29, 0.717) is 0 Å². The maximum Gasteiger partial charge on any atom is 0.490 e. The summed E-state index contributed by atoms with van der Waals surface area (Å²) < 4.78 is 37.2. The summed E-state index contributed by atoms with van der Waals surface area (Å²) in [4.78, 5) is 288. The summed E-state index contributed by atoms with van der Waals surface area (Å²) in [6.07, 6.45) is -21.2. The minimum absolute atomic E-state index is 0.243. The molecule has 1 aliphatic rings.